The van der Waals surface area contributed by atoms with Gasteiger partial charge in [0.1, 0.15) is 5.60 Å². The maximum atomic E-state index is 12.0. The summed E-state index contributed by atoms with van der Waals surface area (Å²) in [7, 11) is 0. The van der Waals surface area contributed by atoms with Gasteiger partial charge in [0, 0.05) is 19.5 Å². The molecule has 0 aromatic carbocycles. The van der Waals surface area contributed by atoms with Crippen LogP contribution in [0.4, 0.5) is 4.79 Å². The van der Waals surface area contributed by atoms with Gasteiger partial charge in [0.2, 0.25) is 0 Å². The number of amides is 1. The van der Waals surface area contributed by atoms with Crippen molar-refractivity contribution in [2.24, 2.45) is 5.92 Å². The quantitative estimate of drug-likeness (QED) is 0.571. The van der Waals surface area contributed by atoms with Crippen molar-refractivity contribution in [3.63, 3.8) is 0 Å². The Bertz CT molecular complexity index is 421. The Labute approximate surface area is 140 Å². The van der Waals surface area contributed by atoms with E-state index in [4.69, 9.17) is 14.2 Å². The number of ether oxygens (including phenoxy) is 3. The highest BCUT2D eigenvalue weighted by Crippen LogP contribution is 2.25. The molecule has 0 aromatic heterocycles. The highest BCUT2D eigenvalue weighted by atomic mass is 16.7. The van der Waals surface area contributed by atoms with E-state index in [9.17, 15) is 4.79 Å². The summed E-state index contributed by atoms with van der Waals surface area (Å²) >= 11 is 0. The maximum Gasteiger partial charge on any atom is 0.410 e. The molecule has 0 saturated carbocycles. The van der Waals surface area contributed by atoms with E-state index in [-0.39, 0.29) is 11.9 Å². The fourth-order valence-corrected chi connectivity index (χ4v) is 2.97. The van der Waals surface area contributed by atoms with Crippen molar-refractivity contribution in [1.29, 1.82) is 0 Å². The van der Waals surface area contributed by atoms with E-state index in [1.54, 1.807) is 0 Å². The van der Waals surface area contributed by atoms with Crippen LogP contribution in [0.15, 0.2) is 12.2 Å². The Morgan fingerprint density at radius 1 is 1.35 bits per heavy atom. The van der Waals surface area contributed by atoms with E-state index < -0.39 is 5.60 Å². The molecule has 0 radical (unpaired) electrons. The SMILES string of the molecule is CC(C)(C)OC(=O)N1CC[C@@H](/C=C/CCCC2(C)OCCO2)C1. The van der Waals surface area contributed by atoms with E-state index in [1.807, 2.05) is 32.6 Å². The number of carbonyl (C=O) groups excluding carboxylic acids is 1. The lowest BCUT2D eigenvalue weighted by Crippen LogP contribution is -2.35. The van der Waals surface area contributed by atoms with Crippen molar-refractivity contribution in [1.82, 2.24) is 4.90 Å². The van der Waals surface area contributed by atoms with Crippen molar-refractivity contribution in [2.75, 3.05) is 26.3 Å². The Hall–Kier alpha value is -1.07. The minimum Gasteiger partial charge on any atom is -0.444 e. The summed E-state index contributed by atoms with van der Waals surface area (Å²) in [6.07, 6.45) is 8.27. The molecular formula is C18H31NO4. The van der Waals surface area contributed by atoms with Crippen LogP contribution in [0.1, 0.15) is 53.4 Å². The first-order chi connectivity index (χ1) is 10.8. The molecule has 23 heavy (non-hydrogen) atoms. The molecule has 0 unspecified atom stereocenters. The average Bonchev–Trinajstić information content (AvgIpc) is 3.06. The van der Waals surface area contributed by atoms with E-state index >= 15 is 0 Å². The monoisotopic (exact) mass is 325 g/mol. The van der Waals surface area contributed by atoms with Gasteiger partial charge in [-0.3, -0.25) is 0 Å². The number of allylic oxidation sites excluding steroid dienone is 1. The third kappa shape index (κ3) is 6.15. The van der Waals surface area contributed by atoms with E-state index in [0.29, 0.717) is 19.1 Å². The predicted molar refractivity (Wildman–Crippen MR) is 89.2 cm³/mol. The molecule has 2 aliphatic heterocycles. The summed E-state index contributed by atoms with van der Waals surface area (Å²) in [5, 5.41) is 0. The molecule has 0 aliphatic carbocycles. The van der Waals surface area contributed by atoms with Crippen LogP contribution >= 0.6 is 0 Å². The average molecular weight is 325 g/mol. The minimum atomic E-state index is -0.425. The number of carbonyl (C=O) groups is 1. The summed E-state index contributed by atoms with van der Waals surface area (Å²) in [5.41, 5.74) is -0.425. The Kier molecular flexibility index (Phi) is 6.09. The van der Waals surface area contributed by atoms with Crippen molar-refractivity contribution in [2.45, 2.75) is 64.8 Å². The normalized spacial score (nSPS) is 24.5. The molecule has 1 amide bonds. The van der Waals surface area contributed by atoms with E-state index in [0.717, 1.165) is 38.8 Å². The number of unbranched alkanes of at least 4 members (excludes halogenated alkanes) is 1. The Morgan fingerprint density at radius 3 is 2.70 bits per heavy atom. The molecule has 0 spiro atoms. The second kappa shape index (κ2) is 7.67. The van der Waals surface area contributed by atoms with Gasteiger partial charge in [-0.1, -0.05) is 12.2 Å². The summed E-state index contributed by atoms with van der Waals surface area (Å²) in [5.74, 6) is 0.0615. The molecule has 2 aliphatic rings. The van der Waals surface area contributed by atoms with Crippen LogP contribution in [0, 0.1) is 5.92 Å². The fourth-order valence-electron chi connectivity index (χ4n) is 2.97. The third-order valence-electron chi connectivity index (χ3n) is 4.18. The van der Waals surface area contributed by atoms with Gasteiger partial charge >= 0.3 is 6.09 Å². The van der Waals surface area contributed by atoms with Gasteiger partial charge in [-0.2, -0.15) is 0 Å². The highest BCUT2D eigenvalue weighted by molar-refractivity contribution is 5.68. The topological polar surface area (TPSA) is 48.0 Å². The Morgan fingerprint density at radius 2 is 2.04 bits per heavy atom. The van der Waals surface area contributed by atoms with Gasteiger partial charge in [-0.15, -0.1) is 0 Å². The van der Waals surface area contributed by atoms with Gasteiger partial charge in [0.05, 0.1) is 13.2 Å². The maximum absolute atomic E-state index is 12.0. The van der Waals surface area contributed by atoms with Crippen LogP contribution in [-0.4, -0.2) is 48.7 Å². The first kappa shape index (κ1) is 18.3. The van der Waals surface area contributed by atoms with Crippen molar-refractivity contribution < 1.29 is 19.0 Å². The number of hydrogen-bond donors (Lipinski definition) is 0. The van der Waals surface area contributed by atoms with Gasteiger partial charge in [0.25, 0.3) is 0 Å². The number of nitrogens with zero attached hydrogens (tertiary/aromatic N) is 1. The molecule has 2 saturated heterocycles. The molecular weight excluding hydrogens is 294 g/mol. The van der Waals surface area contributed by atoms with Crippen LogP contribution in [0.5, 0.6) is 0 Å². The zero-order valence-electron chi connectivity index (χ0n) is 15.0. The molecule has 5 nitrogen and oxygen atoms in total. The van der Waals surface area contributed by atoms with Gasteiger partial charge in [-0.25, -0.2) is 4.79 Å². The highest BCUT2D eigenvalue weighted by Gasteiger charge is 2.30. The second-order valence-electron chi connectivity index (χ2n) is 7.63. The smallest absolute Gasteiger partial charge is 0.410 e. The lowest BCUT2D eigenvalue weighted by molar-refractivity contribution is -0.147. The molecule has 2 fully saturated rings. The van der Waals surface area contributed by atoms with Crippen molar-refractivity contribution >= 4 is 6.09 Å². The molecule has 5 heteroatoms. The van der Waals surface area contributed by atoms with E-state index in [2.05, 4.69) is 12.2 Å². The van der Waals surface area contributed by atoms with Gasteiger partial charge in [0.15, 0.2) is 5.79 Å². The molecule has 0 bridgehead atoms. The lowest BCUT2D eigenvalue weighted by Gasteiger charge is -2.24. The van der Waals surface area contributed by atoms with Crippen molar-refractivity contribution in [3.05, 3.63) is 12.2 Å². The largest absolute Gasteiger partial charge is 0.444 e. The van der Waals surface area contributed by atoms with Crippen LogP contribution < -0.4 is 0 Å². The number of rotatable bonds is 5. The van der Waals surface area contributed by atoms with Crippen molar-refractivity contribution in [3.8, 4) is 0 Å². The molecule has 1 atom stereocenters. The zero-order chi connectivity index (χ0) is 16.9. The standard InChI is InChI=1S/C18H31NO4/c1-17(2,3)23-16(20)19-11-9-15(14-19)8-6-5-7-10-18(4)21-12-13-22-18/h6,8,15H,5,7,9-14H2,1-4H3/b8-6+/t15-/m1/s1. The molecule has 2 rings (SSSR count). The third-order valence-corrected chi connectivity index (χ3v) is 4.18. The van der Waals surface area contributed by atoms with Crippen LogP contribution in [0.2, 0.25) is 0 Å². The molecule has 132 valence electrons. The Balaban J connectivity index is 1.64. The molecule has 2 heterocycles. The van der Waals surface area contributed by atoms with Crippen LogP contribution in [0.3, 0.4) is 0 Å². The molecule has 0 N–H and O–H groups in total. The van der Waals surface area contributed by atoms with Crippen LogP contribution in [-0.2, 0) is 14.2 Å². The number of likely N-dealkylation sites (tertiary alicyclic amines) is 1. The molecule has 0 aromatic rings. The lowest BCUT2D eigenvalue weighted by atomic mass is 10.1. The predicted octanol–water partition coefficient (Wildman–Crippen LogP) is 3.73. The second-order valence-corrected chi connectivity index (χ2v) is 7.63. The summed E-state index contributed by atoms with van der Waals surface area (Å²) in [6.45, 7) is 10.7. The minimum absolute atomic E-state index is 0.197. The fraction of sp³-hybridized carbons (Fsp3) is 0.833. The van der Waals surface area contributed by atoms with Crippen LogP contribution in [0.25, 0.3) is 0 Å². The van der Waals surface area contributed by atoms with Gasteiger partial charge in [-0.05, 0) is 52.9 Å². The first-order valence-corrected chi connectivity index (χ1v) is 8.70. The summed E-state index contributed by atoms with van der Waals surface area (Å²) in [6, 6.07) is 0. The van der Waals surface area contributed by atoms with Gasteiger partial charge < -0.3 is 19.1 Å². The number of hydrogen-bond acceptors (Lipinski definition) is 4. The zero-order valence-corrected chi connectivity index (χ0v) is 15.0. The summed E-state index contributed by atoms with van der Waals surface area (Å²) < 4.78 is 16.6. The first-order valence-electron chi connectivity index (χ1n) is 8.70. The summed E-state index contributed by atoms with van der Waals surface area (Å²) in [4.78, 5) is 13.8. The van der Waals surface area contributed by atoms with E-state index in [1.165, 1.54) is 0 Å².